The molecule has 2 aromatic rings. The summed E-state index contributed by atoms with van der Waals surface area (Å²) in [6, 6.07) is 7.11. The maximum absolute atomic E-state index is 13.6. The fourth-order valence-electron chi connectivity index (χ4n) is 1.66. The molecule has 0 aliphatic rings. The van der Waals surface area contributed by atoms with Gasteiger partial charge in [0.2, 0.25) is 0 Å². The fourth-order valence-corrected chi connectivity index (χ4v) is 2.03. The molecular weight excluding hydrogens is 288 g/mol. The smallest absolute Gasteiger partial charge is 0.194 e. The van der Waals surface area contributed by atoms with Gasteiger partial charge < -0.3 is 5.73 Å². The molecule has 0 heterocycles. The van der Waals surface area contributed by atoms with Gasteiger partial charge in [0.05, 0.1) is 5.02 Å². The van der Waals surface area contributed by atoms with Crippen LogP contribution >= 0.6 is 23.2 Å². The highest BCUT2D eigenvalue weighted by Crippen LogP contribution is 2.25. The highest BCUT2D eigenvalue weighted by atomic mass is 35.5. The highest BCUT2D eigenvalue weighted by Gasteiger charge is 2.16. The van der Waals surface area contributed by atoms with E-state index < -0.39 is 11.6 Å². The Labute approximate surface area is 119 Å². The SMILES string of the molecule is Cc1c(N)cc(C(=O)c2cc(Cl)ccc2Cl)cc1F. The molecule has 0 aromatic heterocycles. The minimum atomic E-state index is -0.526. The van der Waals surface area contributed by atoms with Crippen molar-refractivity contribution in [1.82, 2.24) is 0 Å². The zero-order chi connectivity index (χ0) is 14.2. The largest absolute Gasteiger partial charge is 0.398 e. The number of halogens is 3. The Bertz CT molecular complexity index is 647. The molecule has 2 aromatic carbocycles. The molecule has 0 saturated carbocycles. The monoisotopic (exact) mass is 297 g/mol. The average molecular weight is 298 g/mol. The Hall–Kier alpha value is -1.58. The van der Waals surface area contributed by atoms with Crippen LogP contribution in [0.3, 0.4) is 0 Å². The highest BCUT2D eigenvalue weighted by molar-refractivity contribution is 6.36. The number of hydrogen-bond donors (Lipinski definition) is 1. The molecular formula is C14H10Cl2FNO. The third-order valence-electron chi connectivity index (χ3n) is 2.82. The number of ketones is 1. The lowest BCUT2D eigenvalue weighted by Crippen LogP contribution is -2.05. The van der Waals surface area contributed by atoms with Crippen molar-refractivity contribution < 1.29 is 9.18 Å². The molecule has 0 unspecified atom stereocenters. The van der Waals surface area contributed by atoms with Gasteiger partial charge in [0.25, 0.3) is 0 Å². The number of carbonyl (C=O) groups excluding carboxylic acids is 1. The Balaban J connectivity index is 2.53. The normalized spacial score (nSPS) is 10.5. The molecule has 0 amide bonds. The Kier molecular flexibility index (Phi) is 3.78. The molecule has 0 bridgehead atoms. The predicted molar refractivity (Wildman–Crippen MR) is 75.4 cm³/mol. The standard InChI is InChI=1S/C14H10Cl2FNO/c1-7-12(17)4-8(5-13(7)18)14(19)10-6-9(15)2-3-11(10)16/h2-6H,18H2,1H3. The third kappa shape index (κ3) is 2.72. The van der Waals surface area contributed by atoms with Gasteiger partial charge in [-0.05, 0) is 37.3 Å². The Morgan fingerprint density at radius 1 is 1.21 bits per heavy atom. The maximum Gasteiger partial charge on any atom is 0.194 e. The quantitative estimate of drug-likeness (QED) is 0.665. The Morgan fingerprint density at radius 2 is 1.89 bits per heavy atom. The van der Waals surface area contributed by atoms with Crippen molar-refractivity contribution in [2.75, 3.05) is 5.73 Å². The first kappa shape index (κ1) is 13.8. The number of benzene rings is 2. The van der Waals surface area contributed by atoms with E-state index in [1.54, 1.807) is 13.0 Å². The molecule has 0 spiro atoms. The molecule has 98 valence electrons. The van der Waals surface area contributed by atoms with Gasteiger partial charge in [-0.15, -0.1) is 0 Å². The van der Waals surface area contributed by atoms with Crippen LogP contribution in [0.4, 0.5) is 10.1 Å². The van der Waals surface area contributed by atoms with Crippen molar-refractivity contribution in [3.63, 3.8) is 0 Å². The average Bonchev–Trinajstić information content (AvgIpc) is 2.37. The summed E-state index contributed by atoms with van der Waals surface area (Å²) in [7, 11) is 0. The summed E-state index contributed by atoms with van der Waals surface area (Å²) in [5.41, 5.74) is 6.55. The molecule has 2 rings (SSSR count). The van der Waals surface area contributed by atoms with Crippen LogP contribution in [0.1, 0.15) is 21.5 Å². The number of rotatable bonds is 2. The van der Waals surface area contributed by atoms with Gasteiger partial charge in [-0.2, -0.15) is 0 Å². The van der Waals surface area contributed by atoms with E-state index in [0.29, 0.717) is 10.6 Å². The van der Waals surface area contributed by atoms with Crippen molar-refractivity contribution in [2.24, 2.45) is 0 Å². The lowest BCUT2D eigenvalue weighted by atomic mass is 10.0. The number of nitrogen functional groups attached to an aromatic ring is 1. The molecule has 0 saturated heterocycles. The van der Waals surface area contributed by atoms with Crippen molar-refractivity contribution in [3.8, 4) is 0 Å². The van der Waals surface area contributed by atoms with E-state index in [0.717, 1.165) is 6.07 Å². The number of carbonyl (C=O) groups is 1. The minimum absolute atomic E-state index is 0.143. The van der Waals surface area contributed by atoms with E-state index in [2.05, 4.69) is 0 Å². The second-order valence-electron chi connectivity index (χ2n) is 4.13. The van der Waals surface area contributed by atoms with Gasteiger partial charge in [0.15, 0.2) is 5.78 Å². The van der Waals surface area contributed by atoms with Crippen LogP contribution in [0.2, 0.25) is 10.0 Å². The van der Waals surface area contributed by atoms with Crippen LogP contribution in [0.25, 0.3) is 0 Å². The lowest BCUT2D eigenvalue weighted by molar-refractivity contribution is 0.103. The van der Waals surface area contributed by atoms with Crippen LogP contribution in [0, 0.1) is 12.7 Å². The van der Waals surface area contributed by atoms with Gasteiger partial charge in [0, 0.05) is 27.4 Å². The number of nitrogens with two attached hydrogens (primary N) is 1. The minimum Gasteiger partial charge on any atom is -0.398 e. The third-order valence-corrected chi connectivity index (χ3v) is 3.38. The summed E-state index contributed by atoms with van der Waals surface area (Å²) >= 11 is 11.8. The zero-order valence-corrected chi connectivity index (χ0v) is 11.5. The summed E-state index contributed by atoms with van der Waals surface area (Å²) in [4.78, 5) is 12.3. The van der Waals surface area contributed by atoms with Crippen molar-refractivity contribution >= 4 is 34.7 Å². The van der Waals surface area contributed by atoms with Gasteiger partial charge in [-0.3, -0.25) is 4.79 Å². The fraction of sp³-hybridized carbons (Fsp3) is 0.0714. The van der Waals surface area contributed by atoms with Crippen molar-refractivity contribution in [1.29, 1.82) is 0 Å². The molecule has 2 nitrogen and oxygen atoms in total. The van der Waals surface area contributed by atoms with E-state index in [4.69, 9.17) is 28.9 Å². The molecule has 2 N–H and O–H groups in total. The maximum atomic E-state index is 13.6. The summed E-state index contributed by atoms with van der Waals surface area (Å²) in [5, 5.41) is 0.641. The number of hydrogen-bond acceptors (Lipinski definition) is 2. The van der Waals surface area contributed by atoms with Gasteiger partial charge in [0.1, 0.15) is 5.82 Å². The zero-order valence-electron chi connectivity index (χ0n) is 10.0. The van der Waals surface area contributed by atoms with E-state index >= 15 is 0 Å². The van der Waals surface area contributed by atoms with Crippen LogP contribution in [-0.4, -0.2) is 5.78 Å². The molecule has 0 aliphatic carbocycles. The molecule has 0 aliphatic heterocycles. The van der Waals surface area contributed by atoms with Crippen LogP contribution < -0.4 is 5.73 Å². The summed E-state index contributed by atoms with van der Waals surface area (Å²) in [5.74, 6) is -0.945. The van der Waals surface area contributed by atoms with Gasteiger partial charge in [-0.1, -0.05) is 23.2 Å². The second kappa shape index (κ2) is 5.19. The predicted octanol–water partition coefficient (Wildman–Crippen LogP) is 4.25. The van der Waals surface area contributed by atoms with Gasteiger partial charge in [-0.25, -0.2) is 4.39 Å². The van der Waals surface area contributed by atoms with Crippen LogP contribution in [0.15, 0.2) is 30.3 Å². The van der Waals surface area contributed by atoms with Gasteiger partial charge >= 0.3 is 0 Å². The summed E-state index contributed by atoms with van der Waals surface area (Å²) in [6.07, 6.45) is 0. The number of anilines is 1. The molecule has 5 heteroatoms. The van der Waals surface area contributed by atoms with Crippen LogP contribution in [-0.2, 0) is 0 Å². The second-order valence-corrected chi connectivity index (χ2v) is 4.97. The topological polar surface area (TPSA) is 43.1 Å². The first-order valence-electron chi connectivity index (χ1n) is 5.45. The molecule has 0 fully saturated rings. The summed E-state index contributed by atoms with van der Waals surface area (Å²) in [6.45, 7) is 1.55. The van der Waals surface area contributed by atoms with Crippen LogP contribution in [0.5, 0.6) is 0 Å². The van der Waals surface area contributed by atoms with Crippen molar-refractivity contribution in [2.45, 2.75) is 6.92 Å². The first-order chi connectivity index (χ1) is 8.90. The van der Waals surface area contributed by atoms with E-state index in [-0.39, 0.29) is 21.8 Å². The van der Waals surface area contributed by atoms with E-state index in [9.17, 15) is 9.18 Å². The summed E-state index contributed by atoms with van der Waals surface area (Å²) < 4.78 is 13.6. The molecule has 0 radical (unpaired) electrons. The lowest BCUT2D eigenvalue weighted by Gasteiger charge is -2.08. The van der Waals surface area contributed by atoms with E-state index in [1.807, 2.05) is 0 Å². The first-order valence-corrected chi connectivity index (χ1v) is 6.21. The van der Waals surface area contributed by atoms with Crippen molar-refractivity contribution in [3.05, 3.63) is 62.9 Å². The van der Waals surface area contributed by atoms with E-state index in [1.165, 1.54) is 18.2 Å². The molecule has 19 heavy (non-hydrogen) atoms. The Morgan fingerprint density at radius 3 is 2.53 bits per heavy atom. The molecule has 0 atom stereocenters.